The Morgan fingerprint density at radius 2 is 1.89 bits per heavy atom. The molecule has 0 radical (unpaired) electrons. The fraction of sp³-hybridized carbons (Fsp3) is 0.750. The molecule has 1 aromatic heterocycles. The Hall–Kier alpha value is -1.77. The Morgan fingerprint density at radius 1 is 1.18 bits per heavy atom. The Labute approximate surface area is 167 Å². The maximum absolute atomic E-state index is 12.6. The number of likely N-dealkylation sites (N-methyl/N-ethyl adjacent to an activating group) is 1. The number of likely N-dealkylation sites (tertiary alicyclic amines) is 1. The molecule has 2 N–H and O–H groups in total. The lowest BCUT2D eigenvalue weighted by Gasteiger charge is -2.29. The molecule has 156 valence electrons. The first-order valence-electron chi connectivity index (χ1n) is 10.3. The zero-order valence-electron chi connectivity index (χ0n) is 17.6. The van der Waals surface area contributed by atoms with Gasteiger partial charge in [0.05, 0.1) is 6.10 Å². The van der Waals surface area contributed by atoms with Gasteiger partial charge in [-0.05, 0) is 47.2 Å². The van der Waals surface area contributed by atoms with Crippen LogP contribution in [0.3, 0.4) is 0 Å². The van der Waals surface area contributed by atoms with Crippen LogP contribution in [0.25, 0.3) is 0 Å². The molecule has 0 spiro atoms. The molecule has 1 aromatic rings. The van der Waals surface area contributed by atoms with Crippen molar-refractivity contribution in [2.45, 2.75) is 45.3 Å². The van der Waals surface area contributed by atoms with E-state index in [4.69, 9.17) is 0 Å². The van der Waals surface area contributed by atoms with E-state index in [1.54, 1.807) is 0 Å². The van der Waals surface area contributed by atoms with Gasteiger partial charge in [0.25, 0.3) is 5.91 Å². The minimum absolute atomic E-state index is 0.175. The SMILES string of the molecule is Cc1nc(C(=O)NCCN2CCC(O)CC2)nc(N2CC[C@@H](N(C)C)C2)c1C. The van der Waals surface area contributed by atoms with Gasteiger partial charge in [-0.1, -0.05) is 0 Å². The Kier molecular flexibility index (Phi) is 6.85. The Bertz CT molecular complexity index is 688. The van der Waals surface area contributed by atoms with Gasteiger partial charge in [0.2, 0.25) is 5.82 Å². The van der Waals surface area contributed by atoms with Gasteiger partial charge in [0.1, 0.15) is 5.82 Å². The number of nitrogens with one attached hydrogen (secondary N) is 1. The summed E-state index contributed by atoms with van der Waals surface area (Å²) in [5.74, 6) is 0.914. The lowest BCUT2D eigenvalue weighted by atomic mass is 10.1. The number of aromatic nitrogens is 2. The second-order valence-corrected chi connectivity index (χ2v) is 8.26. The van der Waals surface area contributed by atoms with Crippen molar-refractivity contribution in [3.05, 3.63) is 17.1 Å². The van der Waals surface area contributed by atoms with Crippen LogP contribution >= 0.6 is 0 Å². The number of nitrogens with zero attached hydrogens (tertiary/aromatic N) is 5. The van der Waals surface area contributed by atoms with E-state index in [2.05, 4.69) is 44.1 Å². The van der Waals surface area contributed by atoms with Crippen LogP contribution in [0.2, 0.25) is 0 Å². The third-order valence-electron chi connectivity index (χ3n) is 6.03. The van der Waals surface area contributed by atoms with E-state index in [-0.39, 0.29) is 17.8 Å². The number of hydrogen-bond acceptors (Lipinski definition) is 7. The van der Waals surface area contributed by atoms with Crippen LogP contribution in [0.1, 0.15) is 41.1 Å². The highest BCUT2D eigenvalue weighted by atomic mass is 16.3. The number of anilines is 1. The minimum atomic E-state index is -0.218. The first-order valence-corrected chi connectivity index (χ1v) is 10.3. The molecule has 1 amide bonds. The van der Waals surface area contributed by atoms with E-state index < -0.39 is 0 Å². The van der Waals surface area contributed by atoms with Crippen molar-refractivity contribution in [3.8, 4) is 0 Å². The summed E-state index contributed by atoms with van der Waals surface area (Å²) in [5, 5.41) is 12.5. The summed E-state index contributed by atoms with van der Waals surface area (Å²) in [5.41, 5.74) is 1.90. The van der Waals surface area contributed by atoms with Crippen molar-refractivity contribution in [1.29, 1.82) is 0 Å². The zero-order valence-corrected chi connectivity index (χ0v) is 17.6. The second-order valence-electron chi connectivity index (χ2n) is 8.26. The summed E-state index contributed by atoms with van der Waals surface area (Å²) in [4.78, 5) is 28.5. The highest BCUT2D eigenvalue weighted by Gasteiger charge is 2.27. The van der Waals surface area contributed by atoms with E-state index in [1.807, 2.05) is 13.8 Å². The lowest BCUT2D eigenvalue weighted by Crippen LogP contribution is -2.41. The van der Waals surface area contributed by atoms with Gasteiger partial charge in [0, 0.05) is 56.6 Å². The maximum atomic E-state index is 12.6. The first-order chi connectivity index (χ1) is 13.3. The van der Waals surface area contributed by atoms with Crippen LogP contribution in [0.15, 0.2) is 0 Å². The lowest BCUT2D eigenvalue weighted by molar-refractivity contribution is 0.0802. The fourth-order valence-corrected chi connectivity index (χ4v) is 3.93. The molecule has 0 saturated carbocycles. The first kappa shape index (κ1) is 21.0. The number of piperidine rings is 1. The predicted octanol–water partition coefficient (Wildman–Crippen LogP) is 0.420. The summed E-state index contributed by atoms with van der Waals surface area (Å²) in [6.07, 6.45) is 2.54. The fourth-order valence-electron chi connectivity index (χ4n) is 3.93. The number of aliphatic hydroxyl groups is 1. The molecule has 2 saturated heterocycles. The molecule has 1 atom stereocenters. The monoisotopic (exact) mass is 390 g/mol. The van der Waals surface area contributed by atoms with E-state index in [1.165, 1.54) is 0 Å². The van der Waals surface area contributed by atoms with Crippen LogP contribution in [0.4, 0.5) is 5.82 Å². The number of hydrogen-bond donors (Lipinski definition) is 2. The molecule has 8 heteroatoms. The average Bonchev–Trinajstić information content (AvgIpc) is 3.15. The maximum Gasteiger partial charge on any atom is 0.289 e. The third kappa shape index (κ3) is 4.98. The van der Waals surface area contributed by atoms with E-state index >= 15 is 0 Å². The van der Waals surface area contributed by atoms with Crippen molar-refractivity contribution in [3.63, 3.8) is 0 Å². The molecule has 2 fully saturated rings. The number of aliphatic hydroxyl groups excluding tert-OH is 1. The Morgan fingerprint density at radius 3 is 2.54 bits per heavy atom. The molecular weight excluding hydrogens is 356 g/mol. The standard InChI is InChI=1S/C20H34N6O2/c1-14-15(2)22-18(23-19(14)26-11-5-16(13-26)24(3)4)20(28)21-8-12-25-9-6-17(27)7-10-25/h16-17,27H,5-13H2,1-4H3,(H,21,28)/t16-/m1/s1. The highest BCUT2D eigenvalue weighted by Crippen LogP contribution is 2.25. The highest BCUT2D eigenvalue weighted by molar-refractivity contribution is 5.91. The smallest absolute Gasteiger partial charge is 0.289 e. The van der Waals surface area contributed by atoms with Crippen molar-refractivity contribution in [2.75, 3.05) is 58.3 Å². The molecule has 3 rings (SSSR count). The van der Waals surface area contributed by atoms with Gasteiger partial charge in [-0.15, -0.1) is 0 Å². The van der Waals surface area contributed by atoms with Gasteiger partial charge < -0.3 is 25.1 Å². The summed E-state index contributed by atoms with van der Waals surface area (Å²) in [6, 6.07) is 0.509. The minimum Gasteiger partial charge on any atom is -0.393 e. The van der Waals surface area contributed by atoms with Gasteiger partial charge in [-0.25, -0.2) is 9.97 Å². The average molecular weight is 391 g/mol. The number of amides is 1. The normalized spacial score (nSPS) is 21.5. The quantitative estimate of drug-likeness (QED) is 0.728. The van der Waals surface area contributed by atoms with Crippen molar-refractivity contribution >= 4 is 11.7 Å². The Balaban J connectivity index is 1.60. The van der Waals surface area contributed by atoms with E-state index in [0.29, 0.717) is 12.6 Å². The topological polar surface area (TPSA) is 84.8 Å². The number of carbonyl (C=O) groups excluding carboxylic acids is 1. The van der Waals surface area contributed by atoms with Crippen molar-refractivity contribution in [1.82, 2.24) is 25.1 Å². The summed E-state index contributed by atoms with van der Waals surface area (Å²) in [7, 11) is 4.21. The molecule has 28 heavy (non-hydrogen) atoms. The molecule has 0 aromatic carbocycles. The molecule has 8 nitrogen and oxygen atoms in total. The van der Waals surface area contributed by atoms with Gasteiger partial charge >= 0.3 is 0 Å². The molecule has 3 heterocycles. The van der Waals surface area contributed by atoms with Crippen LogP contribution in [-0.4, -0.2) is 96.3 Å². The third-order valence-corrected chi connectivity index (χ3v) is 6.03. The van der Waals surface area contributed by atoms with Crippen LogP contribution in [0, 0.1) is 13.8 Å². The zero-order chi connectivity index (χ0) is 20.3. The van der Waals surface area contributed by atoms with Crippen LogP contribution in [0.5, 0.6) is 0 Å². The molecule has 2 aliphatic rings. The molecule has 2 aliphatic heterocycles. The van der Waals surface area contributed by atoms with E-state index in [0.717, 1.165) is 69.1 Å². The van der Waals surface area contributed by atoms with E-state index in [9.17, 15) is 9.90 Å². The summed E-state index contributed by atoms with van der Waals surface area (Å²) >= 11 is 0. The van der Waals surface area contributed by atoms with Crippen molar-refractivity contribution < 1.29 is 9.90 Å². The summed E-state index contributed by atoms with van der Waals surface area (Å²) < 4.78 is 0. The van der Waals surface area contributed by atoms with Crippen LogP contribution in [-0.2, 0) is 0 Å². The molecule has 0 aliphatic carbocycles. The number of rotatable bonds is 6. The molecule has 0 unspecified atom stereocenters. The largest absolute Gasteiger partial charge is 0.393 e. The second kappa shape index (κ2) is 9.15. The van der Waals surface area contributed by atoms with Gasteiger partial charge in [-0.2, -0.15) is 0 Å². The van der Waals surface area contributed by atoms with Crippen molar-refractivity contribution in [2.24, 2.45) is 0 Å². The van der Waals surface area contributed by atoms with Gasteiger partial charge in [-0.3, -0.25) is 4.79 Å². The number of carbonyl (C=O) groups is 1. The van der Waals surface area contributed by atoms with Gasteiger partial charge in [0.15, 0.2) is 0 Å². The predicted molar refractivity (Wildman–Crippen MR) is 110 cm³/mol. The van der Waals surface area contributed by atoms with Crippen LogP contribution < -0.4 is 10.2 Å². The molecule has 0 bridgehead atoms. The molecular formula is C20H34N6O2. The number of aryl methyl sites for hydroxylation is 1. The summed E-state index contributed by atoms with van der Waals surface area (Å²) in [6.45, 7) is 8.94.